The molecule has 0 aromatic carbocycles. The van der Waals surface area contributed by atoms with Crippen LogP contribution in [0, 0.1) is 5.92 Å². The Morgan fingerprint density at radius 2 is 2.42 bits per heavy atom. The van der Waals surface area contributed by atoms with E-state index in [1.165, 1.54) is 12.8 Å². The molecule has 0 aromatic rings. The molecule has 0 bridgehead atoms. The van der Waals surface area contributed by atoms with Crippen LogP contribution in [-0.2, 0) is 4.74 Å². The minimum atomic E-state index is 0.339. The van der Waals surface area contributed by atoms with E-state index >= 15 is 0 Å². The molecule has 1 unspecified atom stereocenters. The van der Waals surface area contributed by atoms with Gasteiger partial charge in [-0.2, -0.15) is 0 Å². The molecule has 3 nitrogen and oxygen atoms in total. The van der Waals surface area contributed by atoms with Gasteiger partial charge in [-0.15, -0.1) is 0 Å². The number of hydrogen-bond donors (Lipinski definition) is 2. The molecule has 1 saturated heterocycles. The molecule has 2 rings (SSSR count). The van der Waals surface area contributed by atoms with Crippen molar-refractivity contribution in [2.45, 2.75) is 31.3 Å². The Kier molecular flexibility index (Phi) is 2.63. The van der Waals surface area contributed by atoms with Crippen LogP contribution in [0.25, 0.3) is 0 Å². The predicted molar refractivity (Wildman–Crippen MR) is 46.0 cm³/mol. The fraction of sp³-hybridized carbons (Fsp3) is 1.00. The molecule has 3 heteroatoms. The van der Waals surface area contributed by atoms with Gasteiger partial charge in [-0.25, -0.2) is 0 Å². The second kappa shape index (κ2) is 3.73. The summed E-state index contributed by atoms with van der Waals surface area (Å²) in [4.78, 5) is 0. The molecule has 1 heterocycles. The summed E-state index contributed by atoms with van der Waals surface area (Å²) in [5, 5.41) is 12.3. The lowest BCUT2D eigenvalue weighted by atomic mass is 10.1. The highest BCUT2D eigenvalue weighted by molar-refractivity contribution is 4.94. The van der Waals surface area contributed by atoms with Crippen LogP contribution in [-0.4, -0.2) is 37.0 Å². The van der Waals surface area contributed by atoms with E-state index in [2.05, 4.69) is 5.32 Å². The quantitative estimate of drug-likeness (QED) is 0.634. The zero-order valence-electron chi connectivity index (χ0n) is 7.33. The number of nitrogens with one attached hydrogen (secondary N) is 1. The second-order valence-corrected chi connectivity index (χ2v) is 3.87. The summed E-state index contributed by atoms with van der Waals surface area (Å²) in [7, 11) is 0. The normalized spacial score (nSPS) is 41.2. The Bertz CT molecular complexity index is 145. The largest absolute Gasteiger partial charge is 0.396 e. The third kappa shape index (κ3) is 1.97. The summed E-state index contributed by atoms with van der Waals surface area (Å²) in [5.74, 6) is 0.520. The summed E-state index contributed by atoms with van der Waals surface area (Å²) in [6, 6.07) is 1.11. The van der Waals surface area contributed by atoms with E-state index in [9.17, 15) is 0 Å². The van der Waals surface area contributed by atoms with Gasteiger partial charge in [0.2, 0.25) is 0 Å². The van der Waals surface area contributed by atoms with Crippen LogP contribution < -0.4 is 5.32 Å². The highest BCUT2D eigenvalue weighted by atomic mass is 16.5. The van der Waals surface area contributed by atoms with Gasteiger partial charge in [0.25, 0.3) is 0 Å². The van der Waals surface area contributed by atoms with Crippen molar-refractivity contribution in [3.8, 4) is 0 Å². The van der Waals surface area contributed by atoms with Crippen molar-refractivity contribution in [1.29, 1.82) is 0 Å². The molecule has 2 fully saturated rings. The SMILES string of the molecule is OC[C@@H]1C[C@H]1NC1CCCOC1. The van der Waals surface area contributed by atoms with E-state index in [0.29, 0.717) is 24.6 Å². The maximum atomic E-state index is 8.83. The van der Waals surface area contributed by atoms with E-state index in [1.54, 1.807) is 0 Å². The van der Waals surface area contributed by atoms with Crippen molar-refractivity contribution in [2.24, 2.45) is 5.92 Å². The molecule has 0 aromatic heterocycles. The summed E-state index contributed by atoms with van der Waals surface area (Å²) >= 11 is 0. The molecule has 1 saturated carbocycles. The summed E-state index contributed by atoms with van der Waals surface area (Å²) < 4.78 is 5.35. The highest BCUT2D eigenvalue weighted by Crippen LogP contribution is 2.30. The number of aliphatic hydroxyl groups is 1. The van der Waals surface area contributed by atoms with Crippen molar-refractivity contribution in [1.82, 2.24) is 5.32 Å². The molecule has 70 valence electrons. The van der Waals surface area contributed by atoms with Crippen molar-refractivity contribution in [3.05, 3.63) is 0 Å². The number of rotatable bonds is 3. The van der Waals surface area contributed by atoms with Crippen LogP contribution in [0.1, 0.15) is 19.3 Å². The van der Waals surface area contributed by atoms with Gasteiger partial charge in [0, 0.05) is 25.3 Å². The van der Waals surface area contributed by atoms with E-state index in [-0.39, 0.29) is 0 Å². The van der Waals surface area contributed by atoms with Gasteiger partial charge in [-0.05, 0) is 25.2 Å². The first-order valence-corrected chi connectivity index (χ1v) is 4.85. The lowest BCUT2D eigenvalue weighted by molar-refractivity contribution is 0.0690. The third-order valence-electron chi connectivity index (χ3n) is 2.77. The van der Waals surface area contributed by atoms with Crippen LogP contribution in [0.3, 0.4) is 0 Å². The second-order valence-electron chi connectivity index (χ2n) is 3.87. The third-order valence-corrected chi connectivity index (χ3v) is 2.77. The fourth-order valence-electron chi connectivity index (χ4n) is 1.83. The Labute approximate surface area is 73.1 Å². The smallest absolute Gasteiger partial charge is 0.0619 e. The Balaban J connectivity index is 1.66. The van der Waals surface area contributed by atoms with Gasteiger partial charge in [0.1, 0.15) is 0 Å². The zero-order valence-corrected chi connectivity index (χ0v) is 7.33. The lowest BCUT2D eigenvalue weighted by Gasteiger charge is -2.23. The van der Waals surface area contributed by atoms with Gasteiger partial charge in [0.15, 0.2) is 0 Å². The van der Waals surface area contributed by atoms with Crippen molar-refractivity contribution in [3.63, 3.8) is 0 Å². The molecular weight excluding hydrogens is 154 g/mol. The molecule has 1 aliphatic heterocycles. The maximum Gasteiger partial charge on any atom is 0.0619 e. The average molecular weight is 171 g/mol. The molecule has 2 N–H and O–H groups in total. The molecule has 3 atom stereocenters. The van der Waals surface area contributed by atoms with Gasteiger partial charge in [-0.1, -0.05) is 0 Å². The van der Waals surface area contributed by atoms with Crippen LogP contribution in [0.2, 0.25) is 0 Å². The molecule has 1 aliphatic carbocycles. The van der Waals surface area contributed by atoms with E-state index in [1.807, 2.05) is 0 Å². The van der Waals surface area contributed by atoms with Crippen molar-refractivity contribution >= 4 is 0 Å². The van der Waals surface area contributed by atoms with Crippen LogP contribution in [0.15, 0.2) is 0 Å². The highest BCUT2D eigenvalue weighted by Gasteiger charge is 2.37. The van der Waals surface area contributed by atoms with Gasteiger partial charge >= 0.3 is 0 Å². The molecular formula is C9H17NO2. The first kappa shape index (κ1) is 8.48. The molecule has 12 heavy (non-hydrogen) atoms. The Morgan fingerprint density at radius 3 is 3.00 bits per heavy atom. The average Bonchev–Trinajstić information content (AvgIpc) is 2.85. The van der Waals surface area contributed by atoms with E-state index in [4.69, 9.17) is 9.84 Å². The summed E-state index contributed by atoms with van der Waals surface area (Å²) in [5.41, 5.74) is 0. The molecule has 0 radical (unpaired) electrons. The number of ether oxygens (including phenoxy) is 1. The standard InChI is InChI=1S/C9H17NO2/c11-5-7-4-9(7)10-8-2-1-3-12-6-8/h7-11H,1-6H2/t7-,8?,9+/m0/s1. The van der Waals surface area contributed by atoms with Crippen molar-refractivity contribution in [2.75, 3.05) is 19.8 Å². The number of hydrogen-bond acceptors (Lipinski definition) is 3. The first-order valence-electron chi connectivity index (χ1n) is 4.85. The zero-order chi connectivity index (χ0) is 8.39. The molecule has 2 aliphatic rings. The first-order chi connectivity index (χ1) is 5.90. The molecule has 0 spiro atoms. The van der Waals surface area contributed by atoms with Crippen molar-refractivity contribution < 1.29 is 9.84 Å². The molecule has 0 amide bonds. The van der Waals surface area contributed by atoms with Crippen LogP contribution in [0.4, 0.5) is 0 Å². The topological polar surface area (TPSA) is 41.5 Å². The predicted octanol–water partition coefficient (Wildman–Crippen LogP) is 0.136. The van der Waals surface area contributed by atoms with E-state index in [0.717, 1.165) is 19.6 Å². The van der Waals surface area contributed by atoms with Gasteiger partial charge in [-0.3, -0.25) is 0 Å². The minimum Gasteiger partial charge on any atom is -0.396 e. The summed E-state index contributed by atoms with van der Waals surface area (Å²) in [6.45, 7) is 2.12. The maximum absolute atomic E-state index is 8.83. The van der Waals surface area contributed by atoms with Crippen LogP contribution >= 0.6 is 0 Å². The van der Waals surface area contributed by atoms with Gasteiger partial charge in [0.05, 0.1) is 6.61 Å². The minimum absolute atomic E-state index is 0.339. The summed E-state index contributed by atoms with van der Waals surface area (Å²) in [6.07, 6.45) is 3.55. The van der Waals surface area contributed by atoms with E-state index < -0.39 is 0 Å². The van der Waals surface area contributed by atoms with Gasteiger partial charge < -0.3 is 15.2 Å². The number of aliphatic hydroxyl groups excluding tert-OH is 1. The Hall–Kier alpha value is -0.120. The fourth-order valence-corrected chi connectivity index (χ4v) is 1.83. The lowest BCUT2D eigenvalue weighted by Crippen LogP contribution is -2.38. The monoisotopic (exact) mass is 171 g/mol. The van der Waals surface area contributed by atoms with Crippen LogP contribution in [0.5, 0.6) is 0 Å². The Morgan fingerprint density at radius 1 is 1.50 bits per heavy atom.